The zero-order chi connectivity index (χ0) is 14.0. The first-order chi connectivity index (χ1) is 8.61. The van der Waals surface area contributed by atoms with Gasteiger partial charge in [-0.2, -0.15) is 12.2 Å². The monoisotopic (exact) mass is 482 g/mol. The third-order valence-corrected chi connectivity index (χ3v) is 2.69. The van der Waals surface area contributed by atoms with Crippen molar-refractivity contribution in [3.05, 3.63) is 62.5 Å². The Morgan fingerprint density at radius 1 is 0.818 bits per heavy atom. The third-order valence-electron chi connectivity index (χ3n) is 2.69. The molecular weight excluding hydrogens is 452 g/mol. The minimum absolute atomic E-state index is 0. The fourth-order valence-electron chi connectivity index (χ4n) is 1.64. The Bertz CT molecular complexity index is 322. The topological polar surface area (TPSA) is 0 Å². The summed E-state index contributed by atoms with van der Waals surface area (Å²) in [6.45, 7) is 8.77. The number of rotatable bonds is 2. The molecule has 0 fully saturated rings. The molecule has 0 aliphatic heterocycles. The van der Waals surface area contributed by atoms with Gasteiger partial charge >= 0.3 is 26.8 Å². The van der Waals surface area contributed by atoms with Crippen molar-refractivity contribution in [3.63, 3.8) is 0 Å². The fraction of sp³-hybridized carbons (Fsp3) is 0.444. The summed E-state index contributed by atoms with van der Waals surface area (Å²) in [6.07, 6.45) is 17.2. The molecular formula is C18H32Br2SiTi-4. The molecule has 0 nitrogen and oxygen atoms in total. The van der Waals surface area contributed by atoms with E-state index in [1.165, 1.54) is 11.1 Å². The Morgan fingerprint density at radius 3 is 1.18 bits per heavy atom. The standard InChI is InChI=1S/2C8H11.2CH3.2BrH.H2Si.Ti/c2*1-7(2)8-5-3-4-6-8;;;;;;/h2*3,5,7H,4H2,1-2H3;2*1H3;2*1H;1H2;/q4*-1;;;;. The third kappa shape index (κ3) is 15.7. The van der Waals surface area contributed by atoms with E-state index in [0.717, 1.165) is 12.8 Å². The van der Waals surface area contributed by atoms with Crippen LogP contribution in [0.1, 0.15) is 40.5 Å². The molecule has 0 aromatic carbocycles. The van der Waals surface area contributed by atoms with Gasteiger partial charge in [-0.1, -0.05) is 39.5 Å². The van der Waals surface area contributed by atoms with Crippen LogP contribution in [0.25, 0.3) is 0 Å². The van der Waals surface area contributed by atoms with Crippen LogP contribution in [-0.4, -0.2) is 7.63 Å². The van der Waals surface area contributed by atoms with E-state index in [9.17, 15) is 0 Å². The molecule has 0 saturated carbocycles. The van der Waals surface area contributed by atoms with Crippen LogP contribution >= 0.6 is 34.0 Å². The first-order valence-electron chi connectivity index (χ1n) is 6.51. The van der Waals surface area contributed by atoms with Crippen molar-refractivity contribution in [1.29, 1.82) is 0 Å². The van der Waals surface area contributed by atoms with Gasteiger partial charge in [-0.05, 0) is 0 Å². The van der Waals surface area contributed by atoms with Crippen molar-refractivity contribution in [1.82, 2.24) is 0 Å². The summed E-state index contributed by atoms with van der Waals surface area (Å²) in [4.78, 5) is 0. The van der Waals surface area contributed by atoms with E-state index in [4.69, 9.17) is 0 Å². The molecule has 2 rings (SSSR count). The molecule has 4 heteroatoms. The van der Waals surface area contributed by atoms with Crippen molar-refractivity contribution >= 4 is 41.6 Å². The van der Waals surface area contributed by atoms with Crippen LogP contribution in [0.5, 0.6) is 0 Å². The zero-order valence-corrected chi connectivity index (χ0v) is 21.3. The second kappa shape index (κ2) is 21.9. The van der Waals surface area contributed by atoms with E-state index in [1.54, 1.807) is 0 Å². The molecule has 0 bridgehead atoms. The summed E-state index contributed by atoms with van der Waals surface area (Å²) >= 11 is 2.03. The van der Waals surface area contributed by atoms with Gasteiger partial charge in [-0.3, -0.25) is 12.2 Å². The number of halogens is 2. The van der Waals surface area contributed by atoms with Crippen LogP contribution in [0, 0.1) is 38.8 Å². The van der Waals surface area contributed by atoms with E-state index >= 15 is 0 Å². The molecule has 0 heterocycles. The van der Waals surface area contributed by atoms with Gasteiger partial charge in [-0.15, -0.1) is 46.8 Å². The molecule has 130 valence electrons. The molecule has 0 amide bonds. The molecule has 0 aromatic rings. The van der Waals surface area contributed by atoms with Gasteiger partial charge in [0.2, 0.25) is 0 Å². The predicted molar refractivity (Wildman–Crippen MR) is 113 cm³/mol. The van der Waals surface area contributed by atoms with E-state index < -0.39 is 0 Å². The van der Waals surface area contributed by atoms with Crippen LogP contribution in [0.3, 0.4) is 0 Å². The molecule has 22 heavy (non-hydrogen) atoms. The molecule has 0 unspecified atom stereocenters. The van der Waals surface area contributed by atoms with Gasteiger partial charge in [0, 0.05) is 0 Å². The van der Waals surface area contributed by atoms with Crippen LogP contribution in [0.15, 0.2) is 35.5 Å². The van der Waals surface area contributed by atoms with E-state index in [1.807, 2.05) is 26.8 Å². The summed E-state index contributed by atoms with van der Waals surface area (Å²) in [5.74, 6) is 1.32. The SMILES string of the molecule is Br.Br.CC(C)C1=[C-]CC=C1.CC(C)C1=[C-]CC=C1.[CH3-].[CH3-].[SiH2]=[Ti]. The fourth-order valence-corrected chi connectivity index (χ4v) is 1.64. The average molecular weight is 484 g/mol. The number of allylic oxidation sites excluding steroid dienone is 8. The Kier molecular flexibility index (Phi) is 34.0. The van der Waals surface area contributed by atoms with Crippen molar-refractivity contribution in [2.75, 3.05) is 0 Å². The Balaban J connectivity index is -0.0000000676. The van der Waals surface area contributed by atoms with Crippen LogP contribution in [0.2, 0.25) is 0 Å². The van der Waals surface area contributed by atoms with Crippen LogP contribution in [-0.2, 0) is 19.2 Å². The van der Waals surface area contributed by atoms with E-state index in [0.29, 0.717) is 11.8 Å². The van der Waals surface area contributed by atoms with Crippen molar-refractivity contribution in [2.45, 2.75) is 40.5 Å². The van der Waals surface area contributed by atoms with E-state index in [2.05, 4.69) is 64.2 Å². The molecule has 0 spiro atoms. The summed E-state index contributed by atoms with van der Waals surface area (Å²) in [7, 11) is 1.86. The zero-order valence-electron chi connectivity index (χ0n) is 14.9. The van der Waals surface area contributed by atoms with Crippen molar-refractivity contribution in [3.8, 4) is 0 Å². The first kappa shape index (κ1) is 34.2. The summed E-state index contributed by atoms with van der Waals surface area (Å²) in [6, 6.07) is 0. The first-order valence-corrected chi connectivity index (χ1v) is 10.5. The van der Waals surface area contributed by atoms with E-state index in [-0.39, 0.29) is 48.8 Å². The second-order valence-corrected chi connectivity index (χ2v) is 4.79. The Morgan fingerprint density at radius 2 is 1.09 bits per heavy atom. The summed E-state index contributed by atoms with van der Waals surface area (Å²) < 4.78 is 0. The number of hydrogen-bond acceptors (Lipinski definition) is 0. The molecule has 0 N–H and O–H groups in total. The average Bonchev–Trinajstić information content (AvgIpc) is 3.06. The van der Waals surface area contributed by atoms with Gasteiger partial charge in [-0.25, -0.2) is 23.3 Å². The normalized spacial score (nSPS) is 13.0. The Hall–Kier alpha value is 0.851. The molecule has 0 atom stereocenters. The van der Waals surface area contributed by atoms with Crippen LogP contribution < -0.4 is 0 Å². The van der Waals surface area contributed by atoms with Gasteiger partial charge in [0.25, 0.3) is 0 Å². The van der Waals surface area contributed by atoms with Crippen LogP contribution in [0.4, 0.5) is 0 Å². The molecule has 0 aromatic heterocycles. The van der Waals surface area contributed by atoms with Gasteiger partial charge < -0.3 is 14.9 Å². The quantitative estimate of drug-likeness (QED) is 0.344. The minimum atomic E-state index is 0. The summed E-state index contributed by atoms with van der Waals surface area (Å²) in [5, 5.41) is 0. The molecule has 2 aliphatic rings. The van der Waals surface area contributed by atoms with Gasteiger partial charge in [0.15, 0.2) is 0 Å². The van der Waals surface area contributed by atoms with Crippen molar-refractivity contribution in [2.24, 2.45) is 11.8 Å². The summed E-state index contributed by atoms with van der Waals surface area (Å²) in [5.41, 5.74) is 2.73. The molecule has 0 radical (unpaired) electrons. The number of hydrogen-bond donors (Lipinski definition) is 0. The predicted octanol–water partition coefficient (Wildman–Crippen LogP) is 5.80. The molecule has 2 aliphatic carbocycles. The van der Waals surface area contributed by atoms with Gasteiger partial charge in [0.05, 0.1) is 0 Å². The maximum absolute atomic E-state index is 3.26. The van der Waals surface area contributed by atoms with Crippen molar-refractivity contribution < 1.29 is 19.2 Å². The Labute approximate surface area is 174 Å². The van der Waals surface area contributed by atoms with Gasteiger partial charge in [0.1, 0.15) is 0 Å². The second-order valence-electron chi connectivity index (χ2n) is 4.79. The maximum atomic E-state index is 3.26. The molecule has 0 saturated heterocycles.